The number of nitrogens with one attached hydrogen (secondary N) is 2. The number of benzene rings is 1. The topological polar surface area (TPSA) is 70.2 Å². The molecule has 150 valence electrons. The van der Waals surface area contributed by atoms with E-state index in [1.165, 1.54) is 5.56 Å². The first-order valence-corrected chi connectivity index (χ1v) is 10.1. The summed E-state index contributed by atoms with van der Waals surface area (Å²) in [4.78, 5) is 23.6. The second-order valence-electron chi connectivity index (χ2n) is 7.80. The van der Waals surface area contributed by atoms with E-state index in [9.17, 15) is 4.79 Å². The molecule has 1 aliphatic rings. The van der Waals surface area contributed by atoms with E-state index in [2.05, 4.69) is 27.5 Å². The van der Waals surface area contributed by atoms with E-state index < -0.39 is 0 Å². The molecular weight excluding hydrogens is 350 g/mol. The number of amides is 1. The SMILES string of the molecule is CCc1ccc(C(=O)NC2CCC(Nc3nc(C)cc(N(C)C)n3)CC2)cc1. The molecule has 0 spiro atoms. The maximum atomic E-state index is 12.5. The third-order valence-corrected chi connectivity index (χ3v) is 5.32. The standard InChI is InChI=1S/C22H31N5O/c1-5-16-6-8-17(9-7-16)21(28)24-18-10-12-19(13-11-18)25-22-23-15(2)14-20(26-22)27(3)4/h6-9,14,18-19H,5,10-13H2,1-4H3,(H,24,28)(H,23,25,26). The van der Waals surface area contributed by atoms with Gasteiger partial charge < -0.3 is 15.5 Å². The Kier molecular flexibility index (Phi) is 6.49. The molecule has 3 rings (SSSR count). The molecule has 0 saturated heterocycles. The molecule has 1 heterocycles. The fraction of sp³-hybridized carbons (Fsp3) is 0.500. The molecule has 1 aliphatic carbocycles. The van der Waals surface area contributed by atoms with Gasteiger partial charge in [0, 0.05) is 43.5 Å². The van der Waals surface area contributed by atoms with Crippen LogP contribution in [0.15, 0.2) is 30.3 Å². The highest BCUT2D eigenvalue weighted by molar-refractivity contribution is 5.94. The lowest BCUT2D eigenvalue weighted by molar-refractivity contribution is 0.0926. The van der Waals surface area contributed by atoms with Gasteiger partial charge in [0.25, 0.3) is 5.91 Å². The van der Waals surface area contributed by atoms with Gasteiger partial charge in [0.1, 0.15) is 5.82 Å². The summed E-state index contributed by atoms with van der Waals surface area (Å²) in [6.07, 6.45) is 4.90. The van der Waals surface area contributed by atoms with Gasteiger partial charge in [0.15, 0.2) is 0 Å². The average molecular weight is 382 g/mol. The van der Waals surface area contributed by atoms with Crippen LogP contribution in [0, 0.1) is 6.92 Å². The van der Waals surface area contributed by atoms with Crippen LogP contribution >= 0.6 is 0 Å². The maximum Gasteiger partial charge on any atom is 0.251 e. The van der Waals surface area contributed by atoms with Crippen LogP contribution in [0.5, 0.6) is 0 Å². The minimum Gasteiger partial charge on any atom is -0.363 e. The summed E-state index contributed by atoms with van der Waals surface area (Å²) in [5.41, 5.74) is 2.94. The first kappa shape index (κ1) is 20.1. The van der Waals surface area contributed by atoms with E-state index in [1.807, 2.05) is 56.3 Å². The Morgan fingerprint density at radius 2 is 1.71 bits per heavy atom. The van der Waals surface area contributed by atoms with Gasteiger partial charge >= 0.3 is 0 Å². The number of anilines is 2. The molecule has 0 atom stereocenters. The van der Waals surface area contributed by atoms with Crippen LogP contribution in [-0.4, -0.2) is 42.1 Å². The lowest BCUT2D eigenvalue weighted by Gasteiger charge is -2.30. The molecule has 0 radical (unpaired) electrons. The number of hydrogen-bond acceptors (Lipinski definition) is 5. The number of carbonyl (C=O) groups is 1. The summed E-state index contributed by atoms with van der Waals surface area (Å²) in [6.45, 7) is 4.10. The van der Waals surface area contributed by atoms with Crippen LogP contribution in [0.3, 0.4) is 0 Å². The van der Waals surface area contributed by atoms with Gasteiger partial charge in [-0.2, -0.15) is 4.98 Å². The smallest absolute Gasteiger partial charge is 0.251 e. The predicted octanol–water partition coefficient (Wildman–Crippen LogP) is 3.57. The molecule has 0 bridgehead atoms. The van der Waals surface area contributed by atoms with E-state index in [1.54, 1.807) is 0 Å². The summed E-state index contributed by atoms with van der Waals surface area (Å²) >= 11 is 0. The van der Waals surface area contributed by atoms with Crippen molar-refractivity contribution in [2.75, 3.05) is 24.3 Å². The lowest BCUT2D eigenvalue weighted by atomic mass is 9.91. The Morgan fingerprint density at radius 3 is 2.32 bits per heavy atom. The average Bonchev–Trinajstić information content (AvgIpc) is 2.69. The van der Waals surface area contributed by atoms with Crippen molar-refractivity contribution in [3.8, 4) is 0 Å². The molecule has 1 aromatic carbocycles. The highest BCUT2D eigenvalue weighted by atomic mass is 16.1. The lowest BCUT2D eigenvalue weighted by Crippen LogP contribution is -2.40. The molecule has 1 aromatic heterocycles. The fourth-order valence-corrected chi connectivity index (χ4v) is 3.57. The van der Waals surface area contributed by atoms with Crippen LogP contribution in [-0.2, 0) is 6.42 Å². The second kappa shape index (κ2) is 9.04. The van der Waals surface area contributed by atoms with Crippen molar-refractivity contribution in [1.82, 2.24) is 15.3 Å². The summed E-state index contributed by atoms with van der Waals surface area (Å²) in [5.74, 6) is 1.62. The third kappa shape index (κ3) is 5.21. The Morgan fingerprint density at radius 1 is 1.07 bits per heavy atom. The molecule has 1 fully saturated rings. The maximum absolute atomic E-state index is 12.5. The van der Waals surface area contributed by atoms with Gasteiger partial charge in [-0.3, -0.25) is 4.79 Å². The number of aryl methyl sites for hydroxylation is 2. The van der Waals surface area contributed by atoms with E-state index in [0.29, 0.717) is 12.0 Å². The summed E-state index contributed by atoms with van der Waals surface area (Å²) < 4.78 is 0. The summed E-state index contributed by atoms with van der Waals surface area (Å²) in [5, 5.41) is 6.66. The molecule has 1 amide bonds. The molecule has 1 saturated carbocycles. The minimum absolute atomic E-state index is 0.0247. The molecule has 2 aromatic rings. The molecule has 28 heavy (non-hydrogen) atoms. The number of rotatable bonds is 6. The summed E-state index contributed by atoms with van der Waals surface area (Å²) in [6, 6.07) is 10.4. The first-order chi connectivity index (χ1) is 13.4. The van der Waals surface area contributed by atoms with Crippen molar-refractivity contribution in [3.05, 3.63) is 47.2 Å². The van der Waals surface area contributed by atoms with Crippen molar-refractivity contribution in [3.63, 3.8) is 0 Å². The van der Waals surface area contributed by atoms with Gasteiger partial charge in [0.2, 0.25) is 5.95 Å². The van der Waals surface area contributed by atoms with Crippen LogP contribution in [0.1, 0.15) is 54.2 Å². The molecular formula is C22H31N5O. The number of carbonyl (C=O) groups excluding carboxylic acids is 1. The van der Waals surface area contributed by atoms with Gasteiger partial charge in [0.05, 0.1) is 0 Å². The molecule has 0 unspecified atom stereocenters. The van der Waals surface area contributed by atoms with Crippen molar-refractivity contribution < 1.29 is 4.79 Å². The zero-order valence-corrected chi connectivity index (χ0v) is 17.3. The highest BCUT2D eigenvalue weighted by Gasteiger charge is 2.23. The number of nitrogens with zero attached hydrogens (tertiary/aromatic N) is 3. The Labute approximate surface area is 167 Å². The normalized spacial score (nSPS) is 19.1. The van der Waals surface area contributed by atoms with Gasteiger partial charge in [-0.25, -0.2) is 4.98 Å². The summed E-state index contributed by atoms with van der Waals surface area (Å²) in [7, 11) is 3.96. The quantitative estimate of drug-likeness (QED) is 0.801. The van der Waals surface area contributed by atoms with Crippen molar-refractivity contribution in [1.29, 1.82) is 0 Å². The number of hydrogen-bond donors (Lipinski definition) is 2. The van der Waals surface area contributed by atoms with E-state index in [0.717, 1.165) is 49.2 Å². The second-order valence-corrected chi connectivity index (χ2v) is 7.80. The molecule has 2 N–H and O–H groups in total. The number of aromatic nitrogens is 2. The van der Waals surface area contributed by atoms with Crippen LogP contribution in [0.4, 0.5) is 11.8 Å². The van der Waals surface area contributed by atoms with Crippen LogP contribution < -0.4 is 15.5 Å². The van der Waals surface area contributed by atoms with E-state index in [-0.39, 0.29) is 11.9 Å². The largest absolute Gasteiger partial charge is 0.363 e. The van der Waals surface area contributed by atoms with Crippen molar-refractivity contribution in [2.45, 2.75) is 58.0 Å². The van der Waals surface area contributed by atoms with Crippen LogP contribution in [0.2, 0.25) is 0 Å². The highest BCUT2D eigenvalue weighted by Crippen LogP contribution is 2.22. The monoisotopic (exact) mass is 381 g/mol. The van der Waals surface area contributed by atoms with Crippen LogP contribution in [0.25, 0.3) is 0 Å². The minimum atomic E-state index is 0.0247. The Balaban J connectivity index is 1.51. The Hall–Kier alpha value is -2.63. The molecule has 0 aliphatic heterocycles. The fourth-order valence-electron chi connectivity index (χ4n) is 3.57. The molecule has 6 heteroatoms. The van der Waals surface area contributed by atoms with Gasteiger partial charge in [-0.15, -0.1) is 0 Å². The van der Waals surface area contributed by atoms with Gasteiger partial charge in [-0.05, 0) is 56.7 Å². The van der Waals surface area contributed by atoms with E-state index in [4.69, 9.17) is 0 Å². The third-order valence-electron chi connectivity index (χ3n) is 5.32. The van der Waals surface area contributed by atoms with Crippen molar-refractivity contribution in [2.24, 2.45) is 0 Å². The zero-order chi connectivity index (χ0) is 20.1. The van der Waals surface area contributed by atoms with E-state index >= 15 is 0 Å². The predicted molar refractivity (Wildman–Crippen MR) is 114 cm³/mol. The first-order valence-electron chi connectivity index (χ1n) is 10.1. The Bertz CT molecular complexity index is 795. The molecule has 6 nitrogen and oxygen atoms in total. The van der Waals surface area contributed by atoms with Crippen molar-refractivity contribution >= 4 is 17.7 Å². The zero-order valence-electron chi connectivity index (χ0n) is 17.3. The van der Waals surface area contributed by atoms with Gasteiger partial charge in [-0.1, -0.05) is 19.1 Å².